The number of aryl methyl sites for hydroxylation is 1. The first-order valence-corrected chi connectivity index (χ1v) is 10.4. The molecule has 0 bridgehead atoms. The maximum absolute atomic E-state index is 13.1. The number of halogens is 1. The SMILES string of the molecule is CC/C(=C(/Cl)S(=O)c1ccc(C)cc1)N(c1ccccc1)c1ccccc1. The van der Waals surface area contributed by atoms with Gasteiger partial charge >= 0.3 is 0 Å². The lowest BCUT2D eigenvalue weighted by molar-refractivity contribution is 0.687. The number of hydrogen-bond acceptors (Lipinski definition) is 2. The molecule has 0 N–H and O–H groups in total. The molecule has 138 valence electrons. The van der Waals surface area contributed by atoms with Gasteiger partial charge in [-0.3, -0.25) is 0 Å². The maximum Gasteiger partial charge on any atom is 0.129 e. The van der Waals surface area contributed by atoms with Gasteiger partial charge in [-0.05, 0) is 49.7 Å². The van der Waals surface area contributed by atoms with Crippen LogP contribution in [0, 0.1) is 6.92 Å². The fraction of sp³-hybridized carbons (Fsp3) is 0.130. The van der Waals surface area contributed by atoms with Gasteiger partial charge in [-0.1, -0.05) is 72.6 Å². The summed E-state index contributed by atoms with van der Waals surface area (Å²) in [7, 11) is -1.43. The molecule has 0 amide bonds. The summed E-state index contributed by atoms with van der Waals surface area (Å²) >= 11 is 6.70. The number of nitrogens with zero attached hydrogens (tertiary/aromatic N) is 1. The third-order valence-electron chi connectivity index (χ3n) is 4.26. The van der Waals surface area contributed by atoms with Crippen molar-refractivity contribution in [3.8, 4) is 0 Å². The van der Waals surface area contributed by atoms with E-state index in [2.05, 4.69) is 4.90 Å². The molecule has 1 atom stereocenters. The fourth-order valence-corrected chi connectivity index (χ4v) is 4.40. The van der Waals surface area contributed by atoms with E-state index in [1.165, 1.54) is 0 Å². The predicted molar refractivity (Wildman–Crippen MR) is 116 cm³/mol. The lowest BCUT2D eigenvalue weighted by atomic mass is 10.2. The zero-order valence-corrected chi connectivity index (χ0v) is 17.0. The minimum absolute atomic E-state index is 0.356. The lowest BCUT2D eigenvalue weighted by Crippen LogP contribution is -2.18. The highest BCUT2D eigenvalue weighted by Gasteiger charge is 2.20. The molecule has 0 fully saturated rings. The molecule has 27 heavy (non-hydrogen) atoms. The Kier molecular flexibility index (Phi) is 6.49. The van der Waals surface area contributed by atoms with Gasteiger partial charge in [-0.15, -0.1) is 0 Å². The molecule has 1 unspecified atom stereocenters. The van der Waals surface area contributed by atoms with Crippen LogP contribution in [0.25, 0.3) is 0 Å². The number of anilines is 2. The summed E-state index contributed by atoms with van der Waals surface area (Å²) in [5.41, 5.74) is 3.92. The topological polar surface area (TPSA) is 20.3 Å². The normalized spacial score (nSPS) is 13.0. The molecule has 3 rings (SSSR count). The Balaban J connectivity index is 2.11. The maximum atomic E-state index is 13.1. The third-order valence-corrected chi connectivity index (χ3v) is 6.16. The molecule has 2 nitrogen and oxygen atoms in total. The molecule has 3 aromatic carbocycles. The first kappa shape index (κ1) is 19.4. The van der Waals surface area contributed by atoms with Crippen molar-refractivity contribution in [2.24, 2.45) is 0 Å². The zero-order valence-electron chi connectivity index (χ0n) is 15.4. The largest absolute Gasteiger partial charge is 0.312 e. The van der Waals surface area contributed by atoms with Crippen molar-refractivity contribution in [2.75, 3.05) is 4.90 Å². The Morgan fingerprint density at radius 3 is 1.78 bits per heavy atom. The molecule has 0 aliphatic rings. The summed E-state index contributed by atoms with van der Waals surface area (Å²) in [6.07, 6.45) is 0.653. The highest BCUT2D eigenvalue weighted by molar-refractivity contribution is 7.90. The first-order valence-electron chi connectivity index (χ1n) is 8.89. The average Bonchev–Trinajstić information content (AvgIpc) is 2.72. The quantitative estimate of drug-likeness (QED) is 0.459. The van der Waals surface area contributed by atoms with Crippen molar-refractivity contribution in [3.63, 3.8) is 0 Å². The van der Waals surface area contributed by atoms with Crippen LogP contribution in [0.3, 0.4) is 0 Å². The van der Waals surface area contributed by atoms with Gasteiger partial charge in [0.25, 0.3) is 0 Å². The smallest absolute Gasteiger partial charge is 0.129 e. The molecule has 0 radical (unpaired) electrons. The van der Waals surface area contributed by atoms with E-state index >= 15 is 0 Å². The highest BCUT2D eigenvalue weighted by Crippen LogP contribution is 2.35. The molecule has 0 spiro atoms. The van der Waals surface area contributed by atoms with Gasteiger partial charge in [0, 0.05) is 16.3 Å². The number of para-hydroxylation sites is 2. The van der Waals surface area contributed by atoms with E-state index in [1.807, 2.05) is 98.8 Å². The van der Waals surface area contributed by atoms with Gasteiger partial charge in [0.1, 0.15) is 4.36 Å². The monoisotopic (exact) mass is 395 g/mol. The molecule has 0 heterocycles. The minimum Gasteiger partial charge on any atom is -0.312 e. The van der Waals surface area contributed by atoms with Crippen LogP contribution >= 0.6 is 11.6 Å². The van der Waals surface area contributed by atoms with E-state index in [1.54, 1.807) is 0 Å². The van der Waals surface area contributed by atoms with Crippen LogP contribution in [0.4, 0.5) is 11.4 Å². The van der Waals surface area contributed by atoms with Crippen molar-refractivity contribution in [1.29, 1.82) is 0 Å². The Bertz CT molecular complexity index is 898. The van der Waals surface area contributed by atoms with Gasteiger partial charge < -0.3 is 4.90 Å². The van der Waals surface area contributed by atoms with Crippen LogP contribution in [0.5, 0.6) is 0 Å². The second kappa shape index (κ2) is 9.03. The van der Waals surface area contributed by atoms with Gasteiger partial charge in [0.2, 0.25) is 0 Å². The molecule has 0 aromatic heterocycles. The van der Waals surface area contributed by atoms with Crippen LogP contribution < -0.4 is 4.90 Å². The summed E-state index contributed by atoms with van der Waals surface area (Å²) in [5.74, 6) is 0. The lowest BCUT2D eigenvalue weighted by Gasteiger charge is -2.28. The van der Waals surface area contributed by atoms with E-state index in [9.17, 15) is 4.21 Å². The summed E-state index contributed by atoms with van der Waals surface area (Å²) in [6.45, 7) is 4.04. The van der Waals surface area contributed by atoms with E-state index in [-0.39, 0.29) is 0 Å². The summed E-state index contributed by atoms with van der Waals surface area (Å²) in [4.78, 5) is 2.78. The Morgan fingerprint density at radius 1 is 0.852 bits per heavy atom. The number of rotatable bonds is 6. The van der Waals surface area contributed by atoms with E-state index < -0.39 is 10.8 Å². The van der Waals surface area contributed by atoms with Crippen LogP contribution in [0.2, 0.25) is 0 Å². The predicted octanol–water partition coefficient (Wildman–Crippen LogP) is 6.76. The molecule has 0 aliphatic heterocycles. The van der Waals surface area contributed by atoms with Gasteiger partial charge in [-0.2, -0.15) is 0 Å². The minimum atomic E-state index is -1.43. The standard InChI is InChI=1S/C23H22ClNOS/c1-3-22(23(24)27(26)21-16-14-18(2)15-17-21)25(19-10-6-4-7-11-19)20-12-8-5-9-13-20/h4-17H,3H2,1-2H3/b23-22+. The third kappa shape index (κ3) is 4.49. The Morgan fingerprint density at radius 2 is 1.33 bits per heavy atom. The molecule has 4 heteroatoms. The highest BCUT2D eigenvalue weighted by atomic mass is 35.5. The van der Waals surface area contributed by atoms with E-state index in [4.69, 9.17) is 11.6 Å². The second-order valence-corrected chi connectivity index (χ2v) is 8.18. The van der Waals surface area contributed by atoms with Crippen molar-refractivity contribution >= 4 is 33.8 Å². The number of hydrogen-bond donors (Lipinski definition) is 0. The molecular weight excluding hydrogens is 374 g/mol. The van der Waals surface area contributed by atoms with Crippen molar-refractivity contribution in [2.45, 2.75) is 25.2 Å². The van der Waals surface area contributed by atoms with Crippen molar-refractivity contribution in [1.82, 2.24) is 0 Å². The van der Waals surface area contributed by atoms with Gasteiger partial charge in [0.15, 0.2) is 0 Å². The zero-order chi connectivity index (χ0) is 19.2. The Labute approximate surface area is 168 Å². The van der Waals surface area contributed by atoms with Crippen LogP contribution in [-0.2, 0) is 10.8 Å². The van der Waals surface area contributed by atoms with E-state index in [0.29, 0.717) is 15.7 Å². The average molecular weight is 396 g/mol. The van der Waals surface area contributed by atoms with Gasteiger partial charge in [0.05, 0.1) is 16.5 Å². The molecule has 0 saturated heterocycles. The van der Waals surface area contributed by atoms with Crippen LogP contribution in [-0.4, -0.2) is 4.21 Å². The molecular formula is C23H22ClNOS. The van der Waals surface area contributed by atoms with Gasteiger partial charge in [-0.25, -0.2) is 4.21 Å². The summed E-state index contributed by atoms with van der Waals surface area (Å²) < 4.78 is 13.5. The fourth-order valence-electron chi connectivity index (χ4n) is 2.87. The van der Waals surface area contributed by atoms with Crippen molar-refractivity contribution in [3.05, 3.63) is 101 Å². The van der Waals surface area contributed by atoms with Crippen molar-refractivity contribution < 1.29 is 4.21 Å². The van der Waals surface area contributed by atoms with Crippen LogP contribution in [0.1, 0.15) is 18.9 Å². The van der Waals surface area contributed by atoms with Crippen LogP contribution in [0.15, 0.2) is 99.9 Å². The van der Waals surface area contributed by atoms with E-state index in [0.717, 1.165) is 22.6 Å². The number of benzene rings is 3. The molecule has 0 saturated carbocycles. The molecule has 0 aliphatic carbocycles. The summed E-state index contributed by atoms with van der Waals surface area (Å²) in [5, 5.41) is 0. The number of allylic oxidation sites excluding steroid dienone is 1. The second-order valence-electron chi connectivity index (χ2n) is 6.16. The Hall–Kier alpha value is -2.36. The first-order chi connectivity index (χ1) is 13.1. The summed E-state index contributed by atoms with van der Waals surface area (Å²) in [6, 6.07) is 27.7. The molecule has 3 aromatic rings.